The lowest BCUT2D eigenvalue weighted by Gasteiger charge is -2.24. The van der Waals surface area contributed by atoms with E-state index in [2.05, 4.69) is 17.6 Å². The van der Waals surface area contributed by atoms with Gasteiger partial charge in [-0.05, 0) is 23.8 Å². The number of furan rings is 1. The van der Waals surface area contributed by atoms with Gasteiger partial charge in [-0.15, -0.1) is 0 Å². The first-order chi connectivity index (χ1) is 18.2. The van der Waals surface area contributed by atoms with Gasteiger partial charge in [-0.25, -0.2) is 0 Å². The van der Waals surface area contributed by atoms with Crippen molar-refractivity contribution >= 4 is 34.3 Å². The lowest BCUT2D eigenvalue weighted by Crippen LogP contribution is -2.26. The number of nitriles is 1. The summed E-state index contributed by atoms with van der Waals surface area (Å²) in [7, 11) is 4.61. The van der Waals surface area contributed by atoms with E-state index in [1.54, 1.807) is 38.4 Å². The van der Waals surface area contributed by atoms with Crippen LogP contribution in [0.5, 0.6) is 5.75 Å². The van der Waals surface area contributed by atoms with Crippen molar-refractivity contribution < 1.29 is 23.4 Å². The molecule has 1 amide bonds. The third-order valence-electron chi connectivity index (χ3n) is 6.04. The van der Waals surface area contributed by atoms with Gasteiger partial charge in [0.05, 0.1) is 30.9 Å². The Bertz CT molecular complexity index is 1480. The van der Waals surface area contributed by atoms with Crippen molar-refractivity contribution in [2.75, 3.05) is 34.4 Å². The highest BCUT2D eigenvalue weighted by molar-refractivity contribution is 6.34. The molecule has 1 aromatic carbocycles. The summed E-state index contributed by atoms with van der Waals surface area (Å²) in [5, 5.41) is 18.7. The molecule has 38 heavy (non-hydrogen) atoms. The number of allylic oxidation sites excluding steroid dienone is 1. The van der Waals surface area contributed by atoms with Crippen LogP contribution in [-0.4, -0.2) is 62.0 Å². The minimum Gasteiger partial charge on any atom is -0.494 e. The Hall–Kier alpha value is -4.13. The number of hydrogen-bond donors (Lipinski definition) is 1. The van der Waals surface area contributed by atoms with Crippen molar-refractivity contribution in [3.05, 3.63) is 70.8 Å². The van der Waals surface area contributed by atoms with E-state index in [0.717, 1.165) is 12.8 Å². The fourth-order valence-electron chi connectivity index (χ4n) is 4.06. The number of carbonyl (C=O) groups is 1. The molecular weight excluding hydrogens is 508 g/mol. The highest BCUT2D eigenvalue weighted by Gasteiger charge is 2.22. The summed E-state index contributed by atoms with van der Waals surface area (Å²) in [5.74, 6) is 0.437. The van der Waals surface area contributed by atoms with Gasteiger partial charge in [0.1, 0.15) is 34.9 Å². The molecule has 0 atom stereocenters. The summed E-state index contributed by atoms with van der Waals surface area (Å²) in [6.07, 6.45) is 4.39. The number of methoxy groups -OCH3 is 1. The molecule has 1 saturated heterocycles. The largest absolute Gasteiger partial charge is 0.494 e. The SMILES string of the molecule is C=C(/C=C(/OC)C(=N)c1cc2ncc(Cl)c(-c3ccc(OC4CCOCC4)c(C#N)c3)c2o1)C(=O)N(C)C. The molecule has 0 aliphatic carbocycles. The Morgan fingerprint density at radius 1 is 1.32 bits per heavy atom. The van der Waals surface area contributed by atoms with Crippen LogP contribution >= 0.6 is 11.6 Å². The van der Waals surface area contributed by atoms with Crippen molar-refractivity contribution in [3.8, 4) is 22.9 Å². The molecule has 2 aromatic heterocycles. The molecular formula is C28H27ClN4O5. The van der Waals surface area contributed by atoms with E-state index in [-0.39, 0.29) is 34.8 Å². The number of benzene rings is 1. The van der Waals surface area contributed by atoms with Crippen LogP contribution in [0.4, 0.5) is 0 Å². The van der Waals surface area contributed by atoms with E-state index in [9.17, 15) is 10.1 Å². The fraction of sp³-hybridized carbons (Fsp3) is 0.286. The monoisotopic (exact) mass is 534 g/mol. The van der Waals surface area contributed by atoms with Gasteiger partial charge in [0, 0.05) is 50.3 Å². The molecule has 1 aliphatic rings. The van der Waals surface area contributed by atoms with E-state index in [1.807, 2.05) is 0 Å². The Kier molecular flexibility index (Phi) is 8.15. The number of aromatic nitrogens is 1. The third kappa shape index (κ3) is 5.57. The summed E-state index contributed by atoms with van der Waals surface area (Å²) >= 11 is 6.55. The van der Waals surface area contributed by atoms with Gasteiger partial charge in [-0.2, -0.15) is 5.26 Å². The summed E-state index contributed by atoms with van der Waals surface area (Å²) in [5.41, 5.74) is 2.39. The normalized spacial score (nSPS) is 14.1. The molecule has 0 unspecified atom stereocenters. The second kappa shape index (κ2) is 11.5. The molecule has 1 N–H and O–H groups in total. The lowest BCUT2D eigenvalue weighted by molar-refractivity contribution is -0.124. The molecule has 0 spiro atoms. The summed E-state index contributed by atoms with van der Waals surface area (Å²) < 4.78 is 22.8. The van der Waals surface area contributed by atoms with Gasteiger partial charge in [0.15, 0.2) is 11.3 Å². The average molecular weight is 535 g/mol. The van der Waals surface area contributed by atoms with Crippen molar-refractivity contribution in [2.24, 2.45) is 0 Å². The van der Waals surface area contributed by atoms with Gasteiger partial charge < -0.3 is 23.5 Å². The maximum atomic E-state index is 12.2. The van der Waals surface area contributed by atoms with Crippen LogP contribution in [0.3, 0.4) is 0 Å². The Balaban J connectivity index is 1.70. The number of amides is 1. The van der Waals surface area contributed by atoms with E-state index in [0.29, 0.717) is 51.8 Å². The lowest BCUT2D eigenvalue weighted by atomic mass is 10.0. The first-order valence-corrected chi connectivity index (χ1v) is 12.2. The molecule has 1 fully saturated rings. The number of hydrogen-bond acceptors (Lipinski definition) is 8. The van der Waals surface area contributed by atoms with Crippen LogP contribution in [0, 0.1) is 16.7 Å². The van der Waals surface area contributed by atoms with E-state index < -0.39 is 0 Å². The number of pyridine rings is 1. The summed E-state index contributed by atoms with van der Waals surface area (Å²) in [6.45, 7) is 5.02. The first-order valence-electron chi connectivity index (χ1n) is 11.9. The molecule has 196 valence electrons. The number of nitrogens with zero attached hydrogens (tertiary/aromatic N) is 3. The standard InChI is InChI=1S/C28H27ClN4O5/c1-16(28(34)33(2)3)11-23(35-4)26(31)24-13-21-27(38-24)25(20(29)15-32-21)17-5-6-22(18(12-17)14-30)37-19-7-9-36-10-8-19/h5-6,11-13,15,19,31H,1,7-10H2,2-4H3/b23-11+,31-26?. The average Bonchev–Trinajstić information content (AvgIpc) is 3.36. The summed E-state index contributed by atoms with van der Waals surface area (Å²) in [4.78, 5) is 17.9. The van der Waals surface area contributed by atoms with E-state index >= 15 is 0 Å². The number of likely N-dealkylation sites (N-methyl/N-ethyl adjacent to an activating group) is 1. The maximum absolute atomic E-state index is 12.2. The molecule has 0 radical (unpaired) electrons. The molecule has 4 rings (SSSR count). The van der Waals surface area contributed by atoms with Gasteiger partial charge in [-0.1, -0.05) is 24.2 Å². The highest BCUT2D eigenvalue weighted by atomic mass is 35.5. The van der Waals surface area contributed by atoms with Gasteiger partial charge >= 0.3 is 0 Å². The van der Waals surface area contributed by atoms with Crippen LogP contribution in [0.1, 0.15) is 24.2 Å². The topological polar surface area (TPSA) is 122 Å². The molecule has 9 nitrogen and oxygen atoms in total. The molecule has 0 saturated carbocycles. The quantitative estimate of drug-likeness (QED) is 0.184. The van der Waals surface area contributed by atoms with E-state index in [4.69, 9.17) is 35.6 Å². The number of halogens is 1. The zero-order chi connectivity index (χ0) is 27.4. The van der Waals surface area contributed by atoms with Crippen molar-refractivity contribution in [3.63, 3.8) is 0 Å². The number of ether oxygens (including phenoxy) is 3. The fourth-order valence-corrected chi connectivity index (χ4v) is 4.30. The number of rotatable bonds is 8. The minimum absolute atomic E-state index is 0.0105. The summed E-state index contributed by atoms with van der Waals surface area (Å²) in [6, 6.07) is 9.04. The van der Waals surface area contributed by atoms with Gasteiger partial charge in [0.25, 0.3) is 5.91 Å². The van der Waals surface area contributed by atoms with Crippen LogP contribution in [0.25, 0.3) is 22.2 Å². The van der Waals surface area contributed by atoms with Crippen LogP contribution in [0.15, 0.2) is 58.9 Å². The van der Waals surface area contributed by atoms with E-state index in [1.165, 1.54) is 24.3 Å². The zero-order valence-corrected chi connectivity index (χ0v) is 22.1. The predicted molar refractivity (Wildman–Crippen MR) is 143 cm³/mol. The van der Waals surface area contributed by atoms with Crippen molar-refractivity contribution in [1.29, 1.82) is 10.7 Å². The molecule has 10 heteroatoms. The maximum Gasteiger partial charge on any atom is 0.252 e. The van der Waals surface area contributed by atoms with Crippen LogP contribution in [-0.2, 0) is 14.3 Å². The molecule has 3 heterocycles. The number of nitrogens with one attached hydrogen (secondary N) is 1. The van der Waals surface area contributed by atoms with Gasteiger partial charge in [0.2, 0.25) is 0 Å². The second-order valence-corrected chi connectivity index (χ2v) is 9.28. The van der Waals surface area contributed by atoms with Crippen LogP contribution < -0.4 is 4.74 Å². The Morgan fingerprint density at radius 3 is 2.71 bits per heavy atom. The van der Waals surface area contributed by atoms with Gasteiger partial charge in [-0.3, -0.25) is 15.2 Å². The molecule has 0 bridgehead atoms. The Labute approximate surface area is 225 Å². The first kappa shape index (κ1) is 26.9. The van der Waals surface area contributed by atoms with Crippen molar-refractivity contribution in [2.45, 2.75) is 18.9 Å². The van der Waals surface area contributed by atoms with Crippen molar-refractivity contribution in [1.82, 2.24) is 9.88 Å². The Morgan fingerprint density at radius 2 is 2.05 bits per heavy atom. The molecule has 1 aliphatic heterocycles. The predicted octanol–water partition coefficient (Wildman–Crippen LogP) is 5.12. The van der Waals surface area contributed by atoms with Crippen LogP contribution in [0.2, 0.25) is 5.02 Å². The zero-order valence-electron chi connectivity index (χ0n) is 21.3. The molecule has 3 aromatic rings. The third-order valence-corrected chi connectivity index (χ3v) is 6.33. The number of carbonyl (C=O) groups excluding carboxylic acids is 1. The smallest absolute Gasteiger partial charge is 0.252 e. The second-order valence-electron chi connectivity index (χ2n) is 8.87. The minimum atomic E-state index is -0.315. The highest BCUT2D eigenvalue weighted by Crippen LogP contribution is 2.38. The number of fused-ring (bicyclic) bond motifs is 1.